The van der Waals surface area contributed by atoms with E-state index in [2.05, 4.69) is 16.0 Å². The topological polar surface area (TPSA) is 95.9 Å². The first kappa shape index (κ1) is 16.8. The van der Waals surface area contributed by atoms with Gasteiger partial charge in [-0.15, -0.1) is 6.42 Å². The van der Waals surface area contributed by atoms with E-state index in [9.17, 15) is 14.4 Å². The lowest BCUT2D eigenvalue weighted by Crippen LogP contribution is -2.49. The lowest BCUT2D eigenvalue weighted by molar-refractivity contribution is -0.147. The number of hydrogen-bond acceptors (Lipinski definition) is 4. The van der Waals surface area contributed by atoms with Gasteiger partial charge in [0.1, 0.15) is 6.04 Å². The highest BCUT2D eigenvalue weighted by atomic mass is 16.5. The van der Waals surface area contributed by atoms with Crippen molar-refractivity contribution >= 4 is 18.0 Å². The number of methoxy groups -OCH3 is 1. The molecule has 0 saturated heterocycles. The molecule has 7 nitrogen and oxygen atoms in total. The molecule has 7 heteroatoms. The second-order valence-corrected chi connectivity index (χ2v) is 3.75. The van der Waals surface area contributed by atoms with Gasteiger partial charge in [0.15, 0.2) is 0 Å². The Morgan fingerprint density at radius 1 is 1.47 bits per heavy atom. The van der Waals surface area contributed by atoms with E-state index in [0.29, 0.717) is 13.0 Å². The molecule has 0 spiro atoms. The van der Waals surface area contributed by atoms with Crippen LogP contribution in [-0.2, 0) is 14.3 Å². The summed E-state index contributed by atoms with van der Waals surface area (Å²) in [4.78, 5) is 35.1. The highest BCUT2D eigenvalue weighted by Gasteiger charge is 2.25. The molecule has 106 valence electrons. The molecule has 19 heavy (non-hydrogen) atoms. The van der Waals surface area contributed by atoms with Crippen molar-refractivity contribution in [1.82, 2.24) is 10.2 Å². The number of esters is 1. The zero-order chi connectivity index (χ0) is 14.8. The third kappa shape index (κ3) is 6.31. The molecule has 0 heterocycles. The van der Waals surface area contributed by atoms with Crippen LogP contribution in [-0.4, -0.2) is 54.2 Å². The van der Waals surface area contributed by atoms with Gasteiger partial charge in [0.25, 0.3) is 0 Å². The Morgan fingerprint density at radius 3 is 2.53 bits per heavy atom. The van der Waals surface area contributed by atoms with Crippen molar-refractivity contribution in [1.29, 1.82) is 0 Å². The summed E-state index contributed by atoms with van der Waals surface area (Å²) in [7, 11) is 1.14. The number of aliphatic carboxylic acids is 1. The predicted octanol–water partition coefficient (Wildman–Crippen LogP) is 0.0575. The van der Waals surface area contributed by atoms with Crippen LogP contribution in [0.3, 0.4) is 0 Å². The van der Waals surface area contributed by atoms with E-state index in [4.69, 9.17) is 11.5 Å². The average molecular weight is 270 g/mol. The Hall–Kier alpha value is -2.23. The fraction of sp³-hybridized carbons (Fsp3) is 0.583. The first-order valence-electron chi connectivity index (χ1n) is 5.74. The van der Waals surface area contributed by atoms with Crippen molar-refractivity contribution in [3.8, 4) is 12.3 Å². The van der Waals surface area contributed by atoms with Gasteiger partial charge in [-0.05, 0) is 6.42 Å². The minimum atomic E-state index is -1.34. The number of carboxylic acids is 1. The van der Waals surface area contributed by atoms with Crippen LogP contribution < -0.4 is 5.32 Å². The summed E-state index contributed by atoms with van der Waals surface area (Å²) in [5.74, 6) is 0.289. The van der Waals surface area contributed by atoms with Crippen LogP contribution in [0.5, 0.6) is 0 Å². The molecule has 0 unspecified atom stereocenters. The van der Waals surface area contributed by atoms with Crippen LogP contribution in [0.1, 0.15) is 19.8 Å². The molecule has 0 fully saturated rings. The molecule has 0 saturated carbocycles. The number of carbonyl (C=O) groups excluding carboxylic acids is 2. The SMILES string of the molecule is C#CCN(CCC)C(=O)N[C@@H](CC(=O)OC)C(=O)O. The summed E-state index contributed by atoms with van der Waals surface area (Å²) in [6.07, 6.45) is 5.38. The van der Waals surface area contributed by atoms with Gasteiger partial charge in [-0.1, -0.05) is 12.8 Å². The zero-order valence-electron chi connectivity index (χ0n) is 11.0. The monoisotopic (exact) mass is 270 g/mol. The fourth-order valence-corrected chi connectivity index (χ4v) is 1.32. The summed E-state index contributed by atoms with van der Waals surface area (Å²) in [5.41, 5.74) is 0. The van der Waals surface area contributed by atoms with Crippen LogP contribution >= 0.6 is 0 Å². The Labute approximate surface area is 111 Å². The largest absolute Gasteiger partial charge is 0.480 e. The van der Waals surface area contributed by atoms with E-state index in [1.54, 1.807) is 0 Å². The number of nitrogens with one attached hydrogen (secondary N) is 1. The molecule has 2 N–H and O–H groups in total. The van der Waals surface area contributed by atoms with Crippen LogP contribution in [0.4, 0.5) is 4.79 Å². The van der Waals surface area contributed by atoms with E-state index in [-0.39, 0.29) is 6.54 Å². The van der Waals surface area contributed by atoms with Gasteiger partial charge in [-0.3, -0.25) is 4.79 Å². The lowest BCUT2D eigenvalue weighted by Gasteiger charge is -2.22. The lowest BCUT2D eigenvalue weighted by atomic mass is 10.2. The number of ether oxygens (including phenoxy) is 1. The number of rotatable bonds is 7. The average Bonchev–Trinajstić information content (AvgIpc) is 2.37. The number of nitrogens with zero attached hydrogens (tertiary/aromatic N) is 1. The zero-order valence-corrected chi connectivity index (χ0v) is 11.0. The predicted molar refractivity (Wildman–Crippen MR) is 67.3 cm³/mol. The molecule has 0 bridgehead atoms. The first-order valence-corrected chi connectivity index (χ1v) is 5.74. The summed E-state index contributed by atoms with van der Waals surface area (Å²) in [6, 6.07) is -1.95. The van der Waals surface area contributed by atoms with Crippen LogP contribution in [0.2, 0.25) is 0 Å². The minimum absolute atomic E-state index is 0.0736. The van der Waals surface area contributed by atoms with Crippen LogP contribution in [0, 0.1) is 12.3 Å². The van der Waals surface area contributed by atoms with Crippen molar-refractivity contribution in [2.45, 2.75) is 25.8 Å². The Kier molecular flexibility index (Phi) is 7.77. The highest BCUT2D eigenvalue weighted by Crippen LogP contribution is 1.99. The van der Waals surface area contributed by atoms with E-state index in [1.807, 2.05) is 6.92 Å². The molecular weight excluding hydrogens is 252 g/mol. The second kappa shape index (κ2) is 8.80. The van der Waals surface area contributed by atoms with Gasteiger partial charge in [0.2, 0.25) is 0 Å². The molecule has 1 atom stereocenters. The van der Waals surface area contributed by atoms with Crippen molar-refractivity contribution in [2.24, 2.45) is 0 Å². The van der Waals surface area contributed by atoms with E-state index in [1.165, 1.54) is 4.90 Å². The van der Waals surface area contributed by atoms with Gasteiger partial charge in [-0.2, -0.15) is 0 Å². The van der Waals surface area contributed by atoms with Crippen molar-refractivity contribution in [2.75, 3.05) is 20.2 Å². The molecule has 0 aromatic rings. The molecule has 0 radical (unpaired) electrons. The number of hydrogen-bond donors (Lipinski definition) is 2. The number of amides is 2. The van der Waals surface area contributed by atoms with Crippen molar-refractivity contribution in [3.63, 3.8) is 0 Å². The van der Waals surface area contributed by atoms with Crippen molar-refractivity contribution in [3.05, 3.63) is 0 Å². The summed E-state index contributed by atoms with van der Waals surface area (Å²) in [6.45, 7) is 2.34. The van der Waals surface area contributed by atoms with Gasteiger partial charge >= 0.3 is 18.0 Å². The van der Waals surface area contributed by atoms with E-state index >= 15 is 0 Å². The molecule has 0 aromatic carbocycles. The maximum Gasteiger partial charge on any atom is 0.326 e. The highest BCUT2D eigenvalue weighted by molar-refractivity contribution is 5.86. The maximum atomic E-state index is 11.8. The Balaban J connectivity index is 4.64. The Bertz CT molecular complexity index is 375. The van der Waals surface area contributed by atoms with Gasteiger partial charge < -0.3 is 20.1 Å². The third-order valence-electron chi connectivity index (χ3n) is 2.26. The summed E-state index contributed by atoms with van der Waals surface area (Å²) >= 11 is 0. The molecular formula is C12H18N2O5. The molecule has 0 rings (SSSR count). The number of urea groups is 1. The molecule has 0 aliphatic carbocycles. The summed E-state index contributed by atoms with van der Waals surface area (Å²) in [5, 5.41) is 11.2. The van der Waals surface area contributed by atoms with Gasteiger partial charge in [-0.25, -0.2) is 9.59 Å². The molecule has 0 aromatic heterocycles. The quantitative estimate of drug-likeness (QED) is 0.503. The normalized spacial score (nSPS) is 11.0. The number of carbonyl (C=O) groups is 3. The van der Waals surface area contributed by atoms with E-state index < -0.39 is 30.4 Å². The maximum absolute atomic E-state index is 11.8. The number of terminal acetylenes is 1. The molecule has 2 amide bonds. The second-order valence-electron chi connectivity index (χ2n) is 3.75. The van der Waals surface area contributed by atoms with Crippen molar-refractivity contribution < 1.29 is 24.2 Å². The van der Waals surface area contributed by atoms with Crippen LogP contribution in [0.25, 0.3) is 0 Å². The van der Waals surface area contributed by atoms with Crippen LogP contribution in [0.15, 0.2) is 0 Å². The smallest absolute Gasteiger partial charge is 0.326 e. The van der Waals surface area contributed by atoms with E-state index in [0.717, 1.165) is 7.11 Å². The van der Waals surface area contributed by atoms with Gasteiger partial charge in [0, 0.05) is 6.54 Å². The third-order valence-corrected chi connectivity index (χ3v) is 2.26. The molecule has 0 aliphatic rings. The molecule has 0 aliphatic heterocycles. The number of carboxylic acid groups (broad SMARTS) is 1. The summed E-state index contributed by atoms with van der Waals surface area (Å²) < 4.78 is 4.37. The fourth-order valence-electron chi connectivity index (χ4n) is 1.32. The first-order chi connectivity index (χ1) is 8.96. The standard InChI is InChI=1S/C12H18N2O5/c1-4-6-14(7-5-2)12(18)13-9(11(16)17)8-10(15)19-3/h1,9H,5-8H2,2-3H3,(H,13,18)(H,16,17)/t9-/m0/s1. The Morgan fingerprint density at radius 2 is 2.11 bits per heavy atom. The minimum Gasteiger partial charge on any atom is -0.480 e. The van der Waals surface area contributed by atoms with Gasteiger partial charge in [0.05, 0.1) is 20.1 Å².